The molecule has 58 heavy (non-hydrogen) atoms. The Balaban J connectivity index is 4.76. The molecular weight excluding hydrogens is 719 g/mol. The molecule has 0 aliphatic rings. The van der Waals surface area contributed by atoms with E-state index in [-0.39, 0.29) is 24.9 Å². The van der Waals surface area contributed by atoms with Crippen molar-refractivity contribution in [3.05, 3.63) is 72.9 Å². The summed E-state index contributed by atoms with van der Waals surface area (Å²) in [5, 5.41) is 23.6. The largest absolute Gasteiger partial charge is 0.461 e. The van der Waals surface area contributed by atoms with E-state index in [1.54, 1.807) is 0 Å². The number of nitrogens with one attached hydrogen (secondary N) is 1. The Hall–Kier alpha value is -2.70. The first-order chi connectivity index (χ1) is 28.5. The molecule has 0 saturated carbocycles. The van der Waals surface area contributed by atoms with Crippen LogP contribution in [0, 0.1) is 0 Å². The summed E-state index contributed by atoms with van der Waals surface area (Å²) in [4.78, 5) is 26.0. The van der Waals surface area contributed by atoms with E-state index in [1.807, 2.05) is 12.2 Å². The van der Waals surface area contributed by atoms with Crippen LogP contribution < -0.4 is 5.32 Å². The third-order valence-electron chi connectivity index (χ3n) is 10.5. The fraction of sp³-hybridized carbons (Fsp3) is 0.731. The van der Waals surface area contributed by atoms with Crippen LogP contribution in [-0.4, -0.2) is 46.9 Å². The SMILES string of the molecule is CC/C=C/C/C=C/CCCCCCCCCC(=O)OC(C/C=C\C/C=C\C/C=C\C/C=C\CCCCC)CC(=O)NC(CO)C(O)CCCCCCCCCCCC. The standard InChI is InChI=1S/C52H91NO5/c1-4-7-10-13-16-19-22-24-26-27-29-31-34-37-40-43-48(58-52(57)45-42-39-36-33-30-28-25-23-20-17-14-11-8-5-2)46-51(56)53-49(47-54)50(55)44-41-38-35-32-21-18-15-12-9-6-3/h8,11,16-17,19-20,24,26,29,31,37,40,48-50,54-55H,4-7,9-10,12-15,18,21-23,25,27-28,30,32-36,38-39,41-47H2,1-3H3,(H,53,56)/b11-8+,19-16-,20-17+,26-24-,31-29-,40-37-. The topological polar surface area (TPSA) is 95.9 Å². The number of hydrogen-bond acceptors (Lipinski definition) is 5. The van der Waals surface area contributed by atoms with Crippen molar-refractivity contribution in [3.63, 3.8) is 0 Å². The third-order valence-corrected chi connectivity index (χ3v) is 10.5. The van der Waals surface area contributed by atoms with E-state index in [2.05, 4.69) is 86.8 Å². The van der Waals surface area contributed by atoms with Crippen LogP contribution in [0.4, 0.5) is 0 Å². The first-order valence-corrected chi connectivity index (χ1v) is 24.2. The van der Waals surface area contributed by atoms with Crippen LogP contribution in [0.25, 0.3) is 0 Å². The number of hydrogen-bond donors (Lipinski definition) is 3. The summed E-state index contributed by atoms with van der Waals surface area (Å²) in [6.07, 6.45) is 56.9. The molecule has 0 fully saturated rings. The zero-order valence-corrected chi connectivity index (χ0v) is 37.9. The van der Waals surface area contributed by atoms with Gasteiger partial charge in [-0.25, -0.2) is 0 Å². The van der Waals surface area contributed by atoms with Crippen molar-refractivity contribution in [2.24, 2.45) is 0 Å². The van der Waals surface area contributed by atoms with Gasteiger partial charge in [-0.1, -0.05) is 203 Å². The number of rotatable bonds is 42. The number of carbonyl (C=O) groups excluding carboxylic acids is 2. The zero-order chi connectivity index (χ0) is 42.4. The molecule has 0 bridgehead atoms. The molecule has 0 aromatic heterocycles. The molecule has 0 aliphatic carbocycles. The number of aliphatic hydroxyl groups is 2. The summed E-state index contributed by atoms with van der Waals surface area (Å²) in [6.45, 7) is 6.29. The molecule has 6 nitrogen and oxygen atoms in total. The third kappa shape index (κ3) is 40.1. The Bertz CT molecular complexity index is 1090. The Labute approximate surface area is 358 Å². The first kappa shape index (κ1) is 55.3. The van der Waals surface area contributed by atoms with Crippen molar-refractivity contribution in [2.75, 3.05) is 6.61 Å². The maximum atomic E-state index is 13.1. The molecule has 3 unspecified atom stereocenters. The molecular formula is C52H91NO5. The van der Waals surface area contributed by atoms with Crippen LogP contribution in [0.1, 0.15) is 220 Å². The van der Waals surface area contributed by atoms with E-state index in [0.717, 1.165) is 77.0 Å². The van der Waals surface area contributed by atoms with Gasteiger partial charge in [0.05, 0.1) is 25.2 Å². The smallest absolute Gasteiger partial charge is 0.306 e. The van der Waals surface area contributed by atoms with Crippen LogP contribution in [-0.2, 0) is 14.3 Å². The van der Waals surface area contributed by atoms with Gasteiger partial charge in [0.15, 0.2) is 0 Å². The quantitative estimate of drug-likeness (QED) is 0.0324. The normalized spacial score (nSPS) is 13.9. The maximum Gasteiger partial charge on any atom is 0.306 e. The zero-order valence-electron chi connectivity index (χ0n) is 37.9. The maximum absolute atomic E-state index is 13.1. The molecule has 0 aliphatic heterocycles. The van der Waals surface area contributed by atoms with Gasteiger partial charge in [0.25, 0.3) is 0 Å². The van der Waals surface area contributed by atoms with Crippen molar-refractivity contribution in [3.8, 4) is 0 Å². The van der Waals surface area contributed by atoms with Crippen molar-refractivity contribution in [1.29, 1.82) is 0 Å². The summed E-state index contributed by atoms with van der Waals surface area (Å²) < 4.78 is 5.85. The van der Waals surface area contributed by atoms with Gasteiger partial charge in [0.1, 0.15) is 6.10 Å². The lowest BCUT2D eigenvalue weighted by Gasteiger charge is -2.24. The van der Waals surface area contributed by atoms with E-state index in [0.29, 0.717) is 19.3 Å². The average molecular weight is 810 g/mol. The fourth-order valence-electron chi connectivity index (χ4n) is 6.86. The second-order valence-electron chi connectivity index (χ2n) is 16.1. The Morgan fingerprint density at radius 2 is 0.966 bits per heavy atom. The van der Waals surface area contributed by atoms with Crippen molar-refractivity contribution < 1.29 is 24.5 Å². The lowest BCUT2D eigenvalue weighted by atomic mass is 10.0. The number of allylic oxidation sites excluding steroid dienone is 11. The Morgan fingerprint density at radius 1 is 0.534 bits per heavy atom. The second kappa shape index (κ2) is 45.4. The van der Waals surface area contributed by atoms with Crippen molar-refractivity contribution in [2.45, 2.75) is 238 Å². The average Bonchev–Trinajstić information content (AvgIpc) is 3.22. The minimum absolute atomic E-state index is 0.00410. The van der Waals surface area contributed by atoms with E-state index < -0.39 is 18.2 Å². The van der Waals surface area contributed by atoms with Crippen molar-refractivity contribution >= 4 is 11.9 Å². The molecule has 3 N–H and O–H groups in total. The van der Waals surface area contributed by atoms with Gasteiger partial charge in [0, 0.05) is 12.8 Å². The van der Waals surface area contributed by atoms with E-state index in [9.17, 15) is 19.8 Å². The highest BCUT2D eigenvalue weighted by Crippen LogP contribution is 2.15. The fourth-order valence-corrected chi connectivity index (χ4v) is 6.86. The number of ether oxygens (including phenoxy) is 1. The van der Waals surface area contributed by atoms with Crippen LogP contribution in [0.15, 0.2) is 72.9 Å². The van der Waals surface area contributed by atoms with Gasteiger partial charge >= 0.3 is 5.97 Å². The van der Waals surface area contributed by atoms with Crippen molar-refractivity contribution in [1.82, 2.24) is 5.32 Å². The predicted molar refractivity (Wildman–Crippen MR) is 250 cm³/mol. The lowest BCUT2D eigenvalue weighted by Crippen LogP contribution is -2.46. The predicted octanol–water partition coefficient (Wildman–Crippen LogP) is 14.2. The van der Waals surface area contributed by atoms with Crippen LogP contribution in [0.2, 0.25) is 0 Å². The number of unbranched alkanes of at least 4 members (excludes halogenated alkanes) is 19. The van der Waals surface area contributed by atoms with Gasteiger partial charge in [-0.2, -0.15) is 0 Å². The van der Waals surface area contributed by atoms with Crippen LogP contribution in [0.5, 0.6) is 0 Å². The monoisotopic (exact) mass is 810 g/mol. The van der Waals surface area contributed by atoms with E-state index >= 15 is 0 Å². The van der Waals surface area contributed by atoms with Gasteiger partial charge in [-0.05, 0) is 70.6 Å². The Morgan fingerprint density at radius 3 is 1.50 bits per heavy atom. The number of aliphatic hydroxyl groups excluding tert-OH is 2. The van der Waals surface area contributed by atoms with Crippen LogP contribution in [0.3, 0.4) is 0 Å². The minimum Gasteiger partial charge on any atom is -0.461 e. The van der Waals surface area contributed by atoms with Gasteiger partial charge in [-0.3, -0.25) is 9.59 Å². The number of esters is 1. The Kier molecular flexibility index (Phi) is 43.3. The molecule has 0 rings (SSSR count). The first-order valence-electron chi connectivity index (χ1n) is 24.2. The highest BCUT2D eigenvalue weighted by atomic mass is 16.5. The summed E-state index contributed by atoms with van der Waals surface area (Å²) in [5.74, 6) is -0.590. The van der Waals surface area contributed by atoms with E-state index in [1.165, 1.54) is 96.3 Å². The highest BCUT2D eigenvalue weighted by Gasteiger charge is 2.23. The number of amides is 1. The molecule has 0 heterocycles. The lowest BCUT2D eigenvalue weighted by molar-refractivity contribution is -0.150. The minimum atomic E-state index is -0.813. The van der Waals surface area contributed by atoms with Gasteiger partial charge in [-0.15, -0.1) is 0 Å². The molecule has 0 spiro atoms. The molecule has 1 amide bonds. The molecule has 0 saturated heterocycles. The summed E-state index contributed by atoms with van der Waals surface area (Å²) in [6, 6.07) is -0.733. The molecule has 3 atom stereocenters. The summed E-state index contributed by atoms with van der Waals surface area (Å²) in [5.41, 5.74) is 0. The molecule has 0 aromatic carbocycles. The van der Waals surface area contributed by atoms with Gasteiger partial charge in [0.2, 0.25) is 5.91 Å². The number of carbonyl (C=O) groups is 2. The molecule has 0 radical (unpaired) electrons. The molecule has 6 heteroatoms. The highest BCUT2D eigenvalue weighted by molar-refractivity contribution is 5.77. The molecule has 0 aromatic rings. The molecule has 334 valence electrons. The van der Waals surface area contributed by atoms with Gasteiger partial charge < -0.3 is 20.3 Å². The second-order valence-corrected chi connectivity index (χ2v) is 16.1. The summed E-state index contributed by atoms with van der Waals surface area (Å²) >= 11 is 0. The van der Waals surface area contributed by atoms with E-state index in [4.69, 9.17) is 4.74 Å². The van der Waals surface area contributed by atoms with Crippen LogP contribution >= 0.6 is 0 Å². The summed E-state index contributed by atoms with van der Waals surface area (Å²) in [7, 11) is 0.